The first-order valence-corrected chi connectivity index (χ1v) is 42.4. The van der Waals surface area contributed by atoms with Crippen molar-refractivity contribution in [3.05, 3.63) is 424 Å². The molecule has 0 aromatic heterocycles. The molecule has 14 rings (SSSR count). The van der Waals surface area contributed by atoms with E-state index < -0.39 is 127 Å². The predicted molar refractivity (Wildman–Crippen MR) is 509 cm³/mol. The molecule has 138 heavy (non-hydrogen) atoms. The minimum absolute atomic E-state index is 0.170. The Balaban J connectivity index is 0.000000317. The third kappa shape index (κ3) is 40.9. The van der Waals surface area contributed by atoms with Crippen LogP contribution in [0.2, 0.25) is 10.0 Å². The van der Waals surface area contributed by atoms with Crippen molar-refractivity contribution in [3.63, 3.8) is 0 Å². The molecule has 0 radical (unpaired) electrons. The van der Waals surface area contributed by atoms with Gasteiger partial charge in [0.25, 0.3) is 0 Å². The van der Waals surface area contributed by atoms with Crippen molar-refractivity contribution >= 4 is 151 Å². The Hall–Kier alpha value is -14.5. The molecule has 0 bridgehead atoms. The van der Waals surface area contributed by atoms with Crippen LogP contribution in [0.15, 0.2) is 335 Å². The first-order valence-electron chi connectivity index (χ1n) is 39.3. The molecule has 14 aromatic carbocycles. The predicted octanol–water partition coefficient (Wildman–Crippen LogP) is 17.6. The summed E-state index contributed by atoms with van der Waals surface area (Å²) < 4.78 is 39.3. The fourth-order valence-electron chi connectivity index (χ4n) is 10.8. The lowest BCUT2D eigenvalue weighted by Gasteiger charge is -2.06. The average molecular weight is 2130 g/mol. The summed E-state index contributed by atoms with van der Waals surface area (Å²) in [5, 5.41) is 200. The van der Waals surface area contributed by atoms with E-state index in [1.165, 1.54) is 72.8 Å². The minimum atomic E-state index is -1.58. The van der Waals surface area contributed by atoms with Crippen LogP contribution in [0, 0.1) is 51.4 Å². The van der Waals surface area contributed by atoms with Crippen LogP contribution in [0.4, 0.5) is 13.2 Å². The van der Waals surface area contributed by atoms with Gasteiger partial charge in [-0.1, -0.05) is 277 Å². The van der Waals surface area contributed by atoms with Crippen LogP contribution < -0.4 is 0 Å². The van der Waals surface area contributed by atoms with E-state index in [9.17, 15) is 66.8 Å². The van der Waals surface area contributed by atoms with Crippen molar-refractivity contribution in [3.8, 4) is 18.2 Å². The molecule has 716 valence electrons. The van der Waals surface area contributed by atoms with Crippen molar-refractivity contribution in [2.75, 3.05) is 0 Å². The quantitative estimate of drug-likeness (QED) is 0.0334. The highest BCUT2D eigenvalue weighted by molar-refractivity contribution is 9.11. The van der Waals surface area contributed by atoms with Crippen molar-refractivity contribution in [1.82, 2.24) is 0 Å². The van der Waals surface area contributed by atoms with Gasteiger partial charge < -0.3 is 97.0 Å². The number of halogens is 8. The van der Waals surface area contributed by atoms with Gasteiger partial charge in [-0.3, -0.25) is 0 Å². The molecule has 11 atom stereocenters. The maximum absolute atomic E-state index is 12.3. The third-order valence-electron chi connectivity index (χ3n) is 17.9. The van der Waals surface area contributed by atoms with Crippen LogP contribution in [0.3, 0.4) is 0 Å². The zero-order valence-electron chi connectivity index (χ0n) is 71.1. The summed E-state index contributed by atoms with van der Waals surface area (Å²) in [5.41, 5.74) is 4.14. The number of aliphatic hydroxyl groups is 11. The summed E-state index contributed by atoms with van der Waals surface area (Å²) >= 11 is 20.8. The number of hydrogen-bond acceptors (Lipinski definition) is 22. The van der Waals surface area contributed by atoms with Gasteiger partial charge in [-0.2, -0.15) is 15.8 Å². The number of nitriles is 3. The monoisotopic (exact) mass is 2120 g/mol. The van der Waals surface area contributed by atoms with Crippen LogP contribution in [0.25, 0.3) is 32.3 Å². The van der Waals surface area contributed by atoms with Gasteiger partial charge in [-0.25, -0.2) is 51.5 Å². The molecule has 14 aromatic rings. The zero-order valence-corrected chi connectivity index (χ0v) is 77.3. The van der Waals surface area contributed by atoms with Gasteiger partial charge in [0.15, 0.2) is 67.1 Å². The largest absolute Gasteiger partial charge is 0.479 e. The van der Waals surface area contributed by atoms with Crippen LogP contribution in [0.5, 0.6) is 0 Å². The van der Waals surface area contributed by atoms with Crippen molar-refractivity contribution in [1.29, 1.82) is 15.8 Å². The van der Waals surface area contributed by atoms with Crippen molar-refractivity contribution < 1.29 is 149 Å². The van der Waals surface area contributed by atoms with Crippen LogP contribution in [0.1, 0.15) is 128 Å². The molecule has 0 amide bonds. The average Bonchev–Trinajstić information content (AvgIpc) is 0.830. The van der Waals surface area contributed by atoms with Gasteiger partial charge in [0, 0.05) is 23.5 Å². The number of hydrogen-bond donors (Lipinski definition) is 19. The molecule has 0 aliphatic heterocycles. The van der Waals surface area contributed by atoms with Gasteiger partial charge in [0.2, 0.25) is 0 Å². The summed E-state index contributed by atoms with van der Waals surface area (Å²) in [6, 6.07) is 90.9. The van der Waals surface area contributed by atoms with E-state index in [1.807, 2.05) is 91.0 Å². The van der Waals surface area contributed by atoms with E-state index >= 15 is 0 Å². The van der Waals surface area contributed by atoms with E-state index in [0.717, 1.165) is 70.0 Å². The Morgan fingerprint density at radius 2 is 0.399 bits per heavy atom. The van der Waals surface area contributed by atoms with Crippen LogP contribution in [-0.4, -0.2) is 145 Å². The second kappa shape index (κ2) is 60.0. The zero-order chi connectivity index (χ0) is 103. The molecular formula is C100H83Br3Cl2F3N3O27. The maximum atomic E-state index is 12.3. The molecule has 0 aliphatic rings. The smallest absolute Gasteiger partial charge is 0.337 e. The molecular weight excluding hydrogens is 2040 g/mol. The summed E-state index contributed by atoms with van der Waals surface area (Å²) in [5.74, 6) is -11.5. The number of aliphatic hydroxyl groups excluding tert-OH is 11. The first kappa shape index (κ1) is 116. The molecule has 0 heterocycles. The SMILES string of the molecule is N#CC(O)c1ccc(F)cc1.N#CC(O)c1ccc2ccccc2c1.N#CC(O)c1cccc(Br)c1.O=C(O)[C@@H](O)c1ccc(F)cc1.O=C(O)[C@@H](O)c1ccc2ccccc2c1.O=C(O)[C@@H](O)c1cccc(Br)c1.O=C(O)[C@@H](O)c1cccc(Cl)c1.O=C(O)[C@H](O)c1ccc(F)cc1.O=C(O)[C@H](O)c1ccc2ccccc2c1.O=C(O)[C@H](O)c1cccc(Br)c1.O=C(O)[C@H](O)c1cccc(Cl)c1. The molecule has 0 saturated carbocycles. The minimum Gasteiger partial charge on any atom is -0.479 e. The Labute approximate surface area is 818 Å². The van der Waals surface area contributed by atoms with Gasteiger partial charge in [0.1, 0.15) is 17.5 Å². The highest BCUT2D eigenvalue weighted by atomic mass is 79.9. The summed E-state index contributed by atoms with van der Waals surface area (Å²) in [6.45, 7) is 0. The first-order chi connectivity index (χ1) is 65.3. The number of carboxylic acids is 8. The highest BCUT2D eigenvalue weighted by Gasteiger charge is 2.22. The molecule has 19 N–H and O–H groups in total. The summed E-state index contributed by atoms with van der Waals surface area (Å²) in [7, 11) is 0. The molecule has 3 unspecified atom stereocenters. The van der Waals surface area contributed by atoms with E-state index in [-0.39, 0.29) is 28.1 Å². The topological polar surface area (TPSA) is 592 Å². The number of rotatable bonds is 19. The van der Waals surface area contributed by atoms with Gasteiger partial charge in [-0.05, 0) is 209 Å². The van der Waals surface area contributed by atoms with Crippen LogP contribution in [-0.2, 0) is 38.4 Å². The summed E-state index contributed by atoms with van der Waals surface area (Å²) in [6.07, 6.45) is -15.1. The highest BCUT2D eigenvalue weighted by Crippen LogP contribution is 2.28. The normalized spacial score (nSPS) is 12.4. The number of fused-ring (bicyclic) bond motifs is 3. The molecule has 0 fully saturated rings. The standard InChI is InChI=1S/C12H9NO.2C12H10O3.C8H6BrNO.2C8H7BrO3.2C8H7ClO3.C8H6FNO.2C8H7FO3/c13-8-12(14)11-6-5-9-3-1-2-4-10(9)7-11;2*13-11(12(14)15)10-6-5-8-3-1-2-4-9(8)7-10;9-7-3-1-2-6(4-7)8(11)5-10;4*9-6-3-1-2-5(4-6)7(10)8(11)12;9-7-3-1-6(2-4-7)8(11)5-10;2*9-6-3-1-5(2-4-6)7(10)8(11)12/h1-7,12,14H;2*1-7,11,13H,(H,14,15);1-4,8,11H;4*1-4,7,10H,(H,11,12);1-4,8,11H;2*1-4,7,10H,(H,11,12)/t;2*11-;;4*7-;;2*7-/m.10.1010.10/s1. The van der Waals surface area contributed by atoms with Crippen molar-refractivity contribution in [2.24, 2.45) is 0 Å². The second-order valence-corrected chi connectivity index (χ2v) is 31.4. The fraction of sp³-hybridized carbons (Fsp3) is 0.110. The van der Waals surface area contributed by atoms with Gasteiger partial charge in [-0.15, -0.1) is 0 Å². The number of nitrogens with zero attached hydrogens (tertiary/aromatic N) is 3. The lowest BCUT2D eigenvalue weighted by atomic mass is 10.0. The van der Waals surface area contributed by atoms with Gasteiger partial charge in [0.05, 0.1) is 18.2 Å². The lowest BCUT2D eigenvalue weighted by molar-refractivity contribution is -0.147. The van der Waals surface area contributed by atoms with Crippen molar-refractivity contribution in [2.45, 2.75) is 67.1 Å². The third-order valence-corrected chi connectivity index (χ3v) is 19.8. The Morgan fingerprint density at radius 1 is 0.217 bits per heavy atom. The number of aliphatic carboxylic acids is 8. The maximum Gasteiger partial charge on any atom is 0.337 e. The number of carboxylic acid groups (broad SMARTS) is 8. The second-order valence-electron chi connectivity index (χ2n) is 27.8. The van der Waals surface area contributed by atoms with E-state index in [0.29, 0.717) is 49.0 Å². The lowest BCUT2D eigenvalue weighted by Crippen LogP contribution is -2.10. The van der Waals surface area contributed by atoms with E-state index in [2.05, 4.69) is 47.8 Å². The van der Waals surface area contributed by atoms with Gasteiger partial charge >= 0.3 is 47.8 Å². The Bertz CT molecular complexity index is 6120. The molecule has 0 saturated heterocycles. The van der Waals surface area contributed by atoms with E-state index in [1.54, 1.807) is 152 Å². The number of benzene rings is 14. The molecule has 0 spiro atoms. The van der Waals surface area contributed by atoms with E-state index in [4.69, 9.17) is 121 Å². The van der Waals surface area contributed by atoms with Crippen LogP contribution >= 0.6 is 71.0 Å². The Kier molecular flexibility index (Phi) is 50.4. The molecule has 38 heteroatoms. The molecule has 30 nitrogen and oxygen atoms in total. The Morgan fingerprint density at radius 3 is 0.645 bits per heavy atom. The summed E-state index contributed by atoms with van der Waals surface area (Å²) in [4.78, 5) is 83.0. The fourth-order valence-corrected chi connectivity index (χ4v) is 12.5. The number of carbonyl (C=O) groups is 8. The molecule has 0 aliphatic carbocycles.